The Kier molecular flexibility index (Phi) is 7.47. The number of hydrogen-bond donors (Lipinski definition) is 2. The Morgan fingerprint density at radius 2 is 1.68 bits per heavy atom. The molecule has 1 heterocycles. The first kappa shape index (κ1) is 26.8. The molecule has 4 aromatic carbocycles. The van der Waals surface area contributed by atoms with Gasteiger partial charge in [0.2, 0.25) is 0 Å². The van der Waals surface area contributed by atoms with Gasteiger partial charge >= 0.3 is 5.97 Å². The summed E-state index contributed by atoms with van der Waals surface area (Å²) in [6.45, 7) is 11.5. The van der Waals surface area contributed by atoms with Crippen molar-refractivity contribution in [1.82, 2.24) is 9.88 Å². The monoisotopic (exact) mass is 530 g/mol. The molecule has 0 spiro atoms. The van der Waals surface area contributed by atoms with Crippen molar-refractivity contribution < 1.29 is 14.6 Å². The van der Waals surface area contributed by atoms with Gasteiger partial charge in [-0.3, -0.25) is 0 Å². The van der Waals surface area contributed by atoms with Gasteiger partial charge in [-0.1, -0.05) is 67.2 Å². The zero-order valence-electron chi connectivity index (χ0n) is 23.4. The second kappa shape index (κ2) is 11.1. The van der Waals surface area contributed by atoms with E-state index in [0.717, 1.165) is 40.2 Å². The lowest BCUT2D eigenvalue weighted by atomic mass is 9.99. The number of aromatic carboxylic acids is 1. The Bertz CT molecular complexity index is 1700. The number of aryl methyl sites for hydroxylation is 1. The average molecular weight is 531 g/mol. The van der Waals surface area contributed by atoms with Crippen LogP contribution in [0.2, 0.25) is 0 Å². The summed E-state index contributed by atoms with van der Waals surface area (Å²) in [5.74, 6) is -0.0768. The first-order valence-corrected chi connectivity index (χ1v) is 13.4. The lowest BCUT2D eigenvalue weighted by Crippen LogP contribution is -2.16. The topological polar surface area (TPSA) is 63.5 Å². The van der Waals surface area contributed by atoms with Crippen molar-refractivity contribution >= 4 is 22.6 Å². The van der Waals surface area contributed by atoms with E-state index in [2.05, 4.69) is 79.7 Å². The number of carboxylic acid groups (broad SMARTS) is 1. The predicted molar refractivity (Wildman–Crippen MR) is 163 cm³/mol. The molecule has 5 aromatic rings. The summed E-state index contributed by atoms with van der Waals surface area (Å²) in [6, 6.07) is 30.0. The molecule has 0 radical (unpaired) electrons. The van der Waals surface area contributed by atoms with E-state index in [9.17, 15) is 9.90 Å². The second-order valence-electron chi connectivity index (χ2n) is 10.2. The van der Waals surface area contributed by atoms with Gasteiger partial charge in [0.1, 0.15) is 5.75 Å². The van der Waals surface area contributed by atoms with E-state index in [1.54, 1.807) is 19.2 Å². The van der Waals surface area contributed by atoms with Crippen LogP contribution in [0.15, 0.2) is 97.6 Å². The van der Waals surface area contributed by atoms with Crippen molar-refractivity contribution in [3.8, 4) is 16.9 Å². The van der Waals surface area contributed by atoms with Gasteiger partial charge in [-0.15, -0.1) is 0 Å². The number of rotatable bonds is 9. The number of methoxy groups -OCH3 is 1. The summed E-state index contributed by atoms with van der Waals surface area (Å²) in [7, 11) is 1.67. The van der Waals surface area contributed by atoms with Gasteiger partial charge in [-0.25, -0.2) is 4.79 Å². The smallest absolute Gasteiger partial charge is 0.336 e. The first-order chi connectivity index (χ1) is 19.3. The van der Waals surface area contributed by atoms with Crippen molar-refractivity contribution in [2.75, 3.05) is 7.11 Å². The highest BCUT2D eigenvalue weighted by Gasteiger charge is 2.15. The van der Waals surface area contributed by atoms with Crippen LogP contribution in [-0.2, 0) is 6.54 Å². The fourth-order valence-electron chi connectivity index (χ4n) is 5.26. The molecule has 0 amide bonds. The molecule has 0 bridgehead atoms. The number of benzene rings is 4. The maximum absolute atomic E-state index is 11.7. The van der Waals surface area contributed by atoms with E-state index in [1.807, 2.05) is 36.4 Å². The van der Waals surface area contributed by atoms with Crippen LogP contribution in [0, 0.1) is 13.8 Å². The van der Waals surface area contributed by atoms with E-state index in [4.69, 9.17) is 4.74 Å². The van der Waals surface area contributed by atoms with Crippen molar-refractivity contribution in [1.29, 1.82) is 0 Å². The van der Waals surface area contributed by atoms with Crippen molar-refractivity contribution in [3.63, 3.8) is 0 Å². The minimum Gasteiger partial charge on any atom is -0.497 e. The minimum atomic E-state index is -0.919. The molecule has 202 valence electrons. The molecule has 1 aromatic heterocycles. The normalized spacial score (nSPS) is 11.8. The van der Waals surface area contributed by atoms with Gasteiger partial charge in [0.25, 0.3) is 0 Å². The van der Waals surface area contributed by atoms with Crippen molar-refractivity contribution in [2.24, 2.45) is 0 Å². The van der Waals surface area contributed by atoms with Crippen LogP contribution < -0.4 is 10.1 Å². The molecule has 0 fully saturated rings. The number of nitrogens with zero attached hydrogens (tertiary/aromatic N) is 1. The third kappa shape index (κ3) is 5.23. The van der Waals surface area contributed by atoms with Crippen LogP contribution in [-0.4, -0.2) is 22.8 Å². The van der Waals surface area contributed by atoms with Crippen molar-refractivity contribution in [3.05, 3.63) is 131 Å². The van der Waals surface area contributed by atoms with Crippen LogP contribution >= 0.6 is 0 Å². The number of nitrogens with one attached hydrogen (secondary N) is 1. The van der Waals surface area contributed by atoms with Gasteiger partial charge in [0.05, 0.1) is 12.7 Å². The summed E-state index contributed by atoms with van der Waals surface area (Å²) >= 11 is 0. The van der Waals surface area contributed by atoms with Crippen LogP contribution in [0.5, 0.6) is 5.75 Å². The fraction of sp³-hybridized carbons (Fsp3) is 0.171. The first-order valence-electron chi connectivity index (χ1n) is 13.4. The zero-order chi connectivity index (χ0) is 28.4. The van der Waals surface area contributed by atoms with Gasteiger partial charge in [-0.2, -0.15) is 0 Å². The molecule has 0 aliphatic heterocycles. The number of carbonyl (C=O) groups is 1. The Hall–Kier alpha value is -4.77. The molecule has 1 atom stereocenters. The molecule has 2 N–H and O–H groups in total. The van der Waals surface area contributed by atoms with Gasteiger partial charge in [0, 0.05) is 34.9 Å². The summed E-state index contributed by atoms with van der Waals surface area (Å²) in [6.07, 6.45) is 0. The number of aromatic nitrogens is 1. The van der Waals surface area contributed by atoms with Gasteiger partial charge in [0.15, 0.2) is 0 Å². The maximum atomic E-state index is 11.7. The molecule has 5 rings (SSSR count). The highest BCUT2D eigenvalue weighted by Crippen LogP contribution is 2.30. The quantitative estimate of drug-likeness (QED) is 0.203. The summed E-state index contributed by atoms with van der Waals surface area (Å²) < 4.78 is 7.61. The lowest BCUT2D eigenvalue weighted by Gasteiger charge is -2.18. The highest BCUT2D eigenvalue weighted by molar-refractivity contribution is 5.96. The maximum Gasteiger partial charge on any atom is 0.336 e. The van der Waals surface area contributed by atoms with E-state index in [-0.39, 0.29) is 6.04 Å². The lowest BCUT2D eigenvalue weighted by molar-refractivity contribution is 0.0697. The van der Waals surface area contributed by atoms with Crippen LogP contribution in [0.4, 0.5) is 0 Å². The predicted octanol–water partition coefficient (Wildman–Crippen LogP) is 8.00. The van der Waals surface area contributed by atoms with Crippen LogP contribution in [0.1, 0.15) is 51.3 Å². The molecule has 5 heteroatoms. The molecule has 0 unspecified atom stereocenters. The van der Waals surface area contributed by atoms with Crippen LogP contribution in [0.25, 0.3) is 27.7 Å². The Morgan fingerprint density at radius 1 is 0.975 bits per heavy atom. The third-order valence-electron chi connectivity index (χ3n) is 7.76. The Morgan fingerprint density at radius 3 is 2.35 bits per heavy atom. The van der Waals surface area contributed by atoms with E-state index in [0.29, 0.717) is 5.56 Å². The van der Waals surface area contributed by atoms with Gasteiger partial charge in [-0.05, 0) is 84.5 Å². The van der Waals surface area contributed by atoms with E-state index >= 15 is 0 Å². The molecule has 0 saturated carbocycles. The van der Waals surface area contributed by atoms with Crippen molar-refractivity contribution in [2.45, 2.75) is 33.4 Å². The summed E-state index contributed by atoms with van der Waals surface area (Å²) in [4.78, 5) is 11.7. The largest absolute Gasteiger partial charge is 0.497 e. The zero-order valence-corrected chi connectivity index (χ0v) is 23.4. The molecule has 0 aliphatic carbocycles. The number of carboxylic acids is 1. The highest BCUT2D eigenvalue weighted by atomic mass is 16.5. The Balaban J connectivity index is 1.37. The number of hydrogen-bond acceptors (Lipinski definition) is 3. The molecule has 0 aliphatic rings. The number of fused-ring (bicyclic) bond motifs is 1. The standard InChI is InChI=1S/C35H34N2O3/c1-22-25(4)37(21-26-10-12-28(13-11-26)31-8-6-7-9-32(31)35(38)39)34-19-16-29(20-33(22)34)24(3)36-23(2)27-14-17-30(40-5)18-15-27/h6-20,23,36H,3,21H2,1-2,4-5H3,(H,38,39)/t23-/m0/s1. The SMILES string of the molecule is C=C(N[C@@H](C)c1ccc(OC)cc1)c1ccc2c(c1)c(C)c(C)n2Cc1ccc(-c2ccccc2C(=O)O)cc1. The Labute approximate surface area is 235 Å². The summed E-state index contributed by atoms with van der Waals surface area (Å²) in [5, 5.41) is 14.3. The molecular formula is C35H34N2O3. The van der Waals surface area contributed by atoms with E-state index < -0.39 is 5.97 Å². The molecular weight excluding hydrogens is 496 g/mol. The average Bonchev–Trinajstić information content (AvgIpc) is 3.21. The second-order valence-corrected chi connectivity index (χ2v) is 10.2. The van der Waals surface area contributed by atoms with Gasteiger partial charge < -0.3 is 19.7 Å². The molecule has 40 heavy (non-hydrogen) atoms. The molecule has 0 saturated heterocycles. The van der Waals surface area contributed by atoms with E-state index in [1.165, 1.54) is 27.7 Å². The van der Waals surface area contributed by atoms with Crippen LogP contribution in [0.3, 0.4) is 0 Å². The number of ether oxygens (including phenoxy) is 1. The molecule has 5 nitrogen and oxygen atoms in total. The third-order valence-corrected chi connectivity index (χ3v) is 7.76. The fourth-order valence-corrected chi connectivity index (χ4v) is 5.26. The minimum absolute atomic E-state index is 0.104. The summed E-state index contributed by atoms with van der Waals surface area (Å²) in [5.41, 5.74) is 9.84.